The van der Waals surface area contributed by atoms with Crippen LogP contribution in [0.4, 0.5) is 5.82 Å². The van der Waals surface area contributed by atoms with Crippen molar-refractivity contribution in [2.24, 2.45) is 5.10 Å². The second kappa shape index (κ2) is 7.31. The number of anilines is 1. The Morgan fingerprint density at radius 3 is 2.73 bits per heavy atom. The quantitative estimate of drug-likeness (QED) is 0.423. The Kier molecular flexibility index (Phi) is 4.72. The Morgan fingerprint density at radius 1 is 1.00 bits per heavy atom. The van der Waals surface area contributed by atoms with Gasteiger partial charge in [-0.1, -0.05) is 54.6 Å². The molecule has 0 aliphatic rings. The molecule has 4 heteroatoms. The van der Waals surface area contributed by atoms with Crippen molar-refractivity contribution in [2.45, 2.75) is 19.3 Å². The van der Waals surface area contributed by atoms with Crippen molar-refractivity contribution in [2.75, 3.05) is 5.43 Å². The number of nitrogens with zero attached hydrogens (tertiary/aromatic N) is 3. The number of hydrogen-bond acceptors (Lipinski definition) is 4. The molecule has 0 saturated heterocycles. The third-order valence-electron chi connectivity index (χ3n) is 3.47. The Labute approximate surface area is 129 Å². The maximum absolute atomic E-state index is 4.25. The molecule has 0 unspecified atom stereocenters. The predicted molar refractivity (Wildman–Crippen MR) is 91.0 cm³/mol. The molecule has 110 valence electrons. The summed E-state index contributed by atoms with van der Waals surface area (Å²) in [5.41, 5.74) is 4.35. The van der Waals surface area contributed by atoms with E-state index in [4.69, 9.17) is 0 Å². The number of aryl methyl sites for hydroxylation is 1. The summed E-state index contributed by atoms with van der Waals surface area (Å²) in [6.07, 6.45) is 6.73. The van der Waals surface area contributed by atoms with Gasteiger partial charge in [0.2, 0.25) is 0 Å². The van der Waals surface area contributed by atoms with E-state index in [9.17, 15) is 0 Å². The molecule has 0 spiro atoms. The summed E-state index contributed by atoms with van der Waals surface area (Å²) >= 11 is 0. The summed E-state index contributed by atoms with van der Waals surface area (Å²) in [6, 6.07) is 18.5. The monoisotopic (exact) mass is 290 g/mol. The highest BCUT2D eigenvalue weighted by Crippen LogP contribution is 2.18. The van der Waals surface area contributed by atoms with Crippen molar-refractivity contribution >= 4 is 22.8 Å². The van der Waals surface area contributed by atoms with E-state index in [-0.39, 0.29) is 0 Å². The van der Waals surface area contributed by atoms with E-state index in [1.165, 1.54) is 5.56 Å². The Bertz CT molecular complexity index is 748. The molecule has 2 aromatic carbocycles. The molecular formula is C18H18N4. The minimum absolute atomic E-state index is 0.692. The topological polar surface area (TPSA) is 50.2 Å². The molecule has 0 saturated carbocycles. The minimum atomic E-state index is 0.692. The Hall–Kier alpha value is -2.75. The van der Waals surface area contributed by atoms with Gasteiger partial charge >= 0.3 is 0 Å². The smallest absolute Gasteiger partial charge is 0.176 e. The van der Waals surface area contributed by atoms with Gasteiger partial charge in [-0.2, -0.15) is 10.2 Å². The van der Waals surface area contributed by atoms with Crippen molar-refractivity contribution in [1.82, 2.24) is 10.2 Å². The number of hydrogen-bond donors (Lipinski definition) is 1. The summed E-state index contributed by atoms with van der Waals surface area (Å²) in [4.78, 5) is 0. The zero-order chi connectivity index (χ0) is 15.0. The first kappa shape index (κ1) is 14.2. The molecule has 3 rings (SSSR count). The van der Waals surface area contributed by atoms with E-state index >= 15 is 0 Å². The van der Waals surface area contributed by atoms with Gasteiger partial charge in [-0.3, -0.25) is 5.43 Å². The number of rotatable bonds is 6. The molecule has 0 atom stereocenters. The van der Waals surface area contributed by atoms with Crippen LogP contribution in [0.5, 0.6) is 0 Å². The maximum Gasteiger partial charge on any atom is 0.176 e. The van der Waals surface area contributed by atoms with Crippen LogP contribution in [0.2, 0.25) is 0 Å². The molecular weight excluding hydrogens is 272 g/mol. The largest absolute Gasteiger partial charge is 0.260 e. The zero-order valence-corrected chi connectivity index (χ0v) is 12.3. The first-order valence-electron chi connectivity index (χ1n) is 7.45. The van der Waals surface area contributed by atoms with Gasteiger partial charge in [0, 0.05) is 17.0 Å². The first-order valence-corrected chi connectivity index (χ1v) is 7.45. The van der Waals surface area contributed by atoms with Crippen LogP contribution in [-0.4, -0.2) is 16.4 Å². The fraction of sp³-hybridized carbons (Fsp3) is 0.167. The SMILES string of the molecule is C(/CCCc1ccccc1)=N/Nc1nncc2ccccc12. The van der Waals surface area contributed by atoms with Crippen molar-refractivity contribution in [3.8, 4) is 0 Å². The van der Waals surface area contributed by atoms with Crippen LogP contribution >= 0.6 is 0 Å². The summed E-state index contributed by atoms with van der Waals surface area (Å²) in [6.45, 7) is 0. The van der Waals surface area contributed by atoms with Gasteiger partial charge in [0.15, 0.2) is 5.82 Å². The van der Waals surface area contributed by atoms with E-state index in [1.54, 1.807) is 6.20 Å². The van der Waals surface area contributed by atoms with Gasteiger partial charge in [-0.25, -0.2) is 0 Å². The molecule has 1 aromatic heterocycles. The molecule has 0 bridgehead atoms. The summed E-state index contributed by atoms with van der Waals surface area (Å²) in [5, 5.41) is 14.4. The van der Waals surface area contributed by atoms with Gasteiger partial charge in [0.05, 0.1) is 6.20 Å². The molecule has 22 heavy (non-hydrogen) atoms. The van der Waals surface area contributed by atoms with Crippen LogP contribution in [-0.2, 0) is 6.42 Å². The molecule has 0 amide bonds. The molecule has 0 radical (unpaired) electrons. The average Bonchev–Trinajstić information content (AvgIpc) is 2.59. The third-order valence-corrected chi connectivity index (χ3v) is 3.47. The second-order valence-electron chi connectivity index (χ2n) is 5.08. The first-order chi connectivity index (χ1) is 10.9. The van der Waals surface area contributed by atoms with Crippen LogP contribution in [0.1, 0.15) is 18.4 Å². The minimum Gasteiger partial charge on any atom is -0.260 e. The summed E-state index contributed by atoms with van der Waals surface area (Å²) in [7, 11) is 0. The molecule has 1 N–H and O–H groups in total. The predicted octanol–water partition coefficient (Wildman–Crippen LogP) is 4.05. The van der Waals surface area contributed by atoms with Crippen molar-refractivity contribution in [3.05, 3.63) is 66.4 Å². The standard InChI is InChI=1S/C18H18N4/c1-2-8-15(9-3-1)10-6-7-13-19-21-18-17-12-5-4-11-16(17)14-20-22-18/h1-5,8-9,11-14H,6-7,10H2,(H,21,22)/b19-13-. The van der Waals surface area contributed by atoms with Gasteiger partial charge in [-0.15, -0.1) is 5.10 Å². The van der Waals surface area contributed by atoms with E-state index in [0.717, 1.165) is 30.0 Å². The van der Waals surface area contributed by atoms with Gasteiger partial charge in [0.25, 0.3) is 0 Å². The molecule has 4 nitrogen and oxygen atoms in total. The van der Waals surface area contributed by atoms with E-state index in [0.29, 0.717) is 5.82 Å². The van der Waals surface area contributed by atoms with Crippen LogP contribution in [0.25, 0.3) is 10.8 Å². The van der Waals surface area contributed by atoms with E-state index < -0.39 is 0 Å². The lowest BCUT2D eigenvalue weighted by Crippen LogP contribution is -1.96. The van der Waals surface area contributed by atoms with Crippen LogP contribution in [0, 0.1) is 0 Å². The molecule has 0 fully saturated rings. The highest BCUT2D eigenvalue weighted by molar-refractivity contribution is 5.90. The number of aromatic nitrogens is 2. The zero-order valence-electron chi connectivity index (χ0n) is 12.3. The fourth-order valence-electron chi connectivity index (χ4n) is 2.32. The normalized spacial score (nSPS) is 11.1. The van der Waals surface area contributed by atoms with E-state index in [2.05, 4.69) is 45.0 Å². The van der Waals surface area contributed by atoms with Crippen molar-refractivity contribution < 1.29 is 0 Å². The molecule has 1 heterocycles. The highest BCUT2D eigenvalue weighted by Gasteiger charge is 2.00. The second-order valence-corrected chi connectivity index (χ2v) is 5.08. The van der Waals surface area contributed by atoms with Gasteiger partial charge < -0.3 is 0 Å². The lowest BCUT2D eigenvalue weighted by atomic mass is 10.1. The third kappa shape index (κ3) is 3.67. The van der Waals surface area contributed by atoms with Crippen molar-refractivity contribution in [3.63, 3.8) is 0 Å². The number of benzene rings is 2. The molecule has 0 aliphatic carbocycles. The fourth-order valence-corrected chi connectivity index (χ4v) is 2.32. The van der Waals surface area contributed by atoms with Crippen LogP contribution in [0.3, 0.4) is 0 Å². The Balaban J connectivity index is 1.51. The van der Waals surface area contributed by atoms with Crippen molar-refractivity contribution in [1.29, 1.82) is 0 Å². The highest BCUT2D eigenvalue weighted by atomic mass is 15.3. The average molecular weight is 290 g/mol. The van der Waals surface area contributed by atoms with Crippen LogP contribution < -0.4 is 5.43 Å². The number of unbranched alkanes of at least 4 members (excludes halogenated alkanes) is 1. The van der Waals surface area contributed by atoms with Crippen LogP contribution in [0.15, 0.2) is 65.9 Å². The van der Waals surface area contributed by atoms with Gasteiger partial charge in [-0.05, 0) is 24.8 Å². The molecule has 3 aromatic rings. The number of hydrazone groups is 1. The Morgan fingerprint density at radius 2 is 1.82 bits per heavy atom. The summed E-state index contributed by atoms with van der Waals surface area (Å²) in [5.74, 6) is 0.692. The number of nitrogens with one attached hydrogen (secondary N) is 1. The number of fused-ring (bicyclic) bond motifs is 1. The molecule has 0 aliphatic heterocycles. The lowest BCUT2D eigenvalue weighted by Gasteiger charge is -2.03. The lowest BCUT2D eigenvalue weighted by molar-refractivity contribution is 0.872. The van der Waals surface area contributed by atoms with Gasteiger partial charge in [0.1, 0.15) is 0 Å². The maximum atomic E-state index is 4.25. The summed E-state index contributed by atoms with van der Waals surface area (Å²) < 4.78 is 0. The van der Waals surface area contributed by atoms with E-state index in [1.807, 2.05) is 36.5 Å².